The second-order valence-electron chi connectivity index (χ2n) is 8.98. The van der Waals surface area contributed by atoms with Crippen molar-refractivity contribution in [2.75, 3.05) is 24.2 Å². The summed E-state index contributed by atoms with van der Waals surface area (Å²) in [6.07, 6.45) is 1.32. The van der Waals surface area contributed by atoms with Crippen LogP contribution < -0.4 is 9.62 Å². The number of amides is 2. The number of rotatable bonds is 10. The molecular weight excluding hydrogens is 510 g/mol. The van der Waals surface area contributed by atoms with Crippen LogP contribution in [-0.2, 0) is 32.6 Å². The molecule has 0 heterocycles. The quantitative estimate of drug-likeness (QED) is 0.418. The molecule has 0 unspecified atom stereocenters. The van der Waals surface area contributed by atoms with Crippen LogP contribution in [0.4, 0.5) is 5.69 Å². The van der Waals surface area contributed by atoms with Gasteiger partial charge in [0.05, 0.1) is 11.9 Å². The van der Waals surface area contributed by atoms with E-state index >= 15 is 0 Å². The van der Waals surface area contributed by atoms with Gasteiger partial charge in [0.2, 0.25) is 21.8 Å². The van der Waals surface area contributed by atoms with Gasteiger partial charge in [-0.2, -0.15) is 0 Å². The van der Waals surface area contributed by atoms with E-state index in [1.54, 1.807) is 25.1 Å². The van der Waals surface area contributed by atoms with Gasteiger partial charge in [0.25, 0.3) is 0 Å². The number of nitrogens with zero attached hydrogens (tertiary/aromatic N) is 2. The van der Waals surface area contributed by atoms with E-state index in [2.05, 4.69) is 5.32 Å². The van der Waals surface area contributed by atoms with Gasteiger partial charge in [0.15, 0.2) is 0 Å². The van der Waals surface area contributed by atoms with E-state index in [0.29, 0.717) is 16.3 Å². The fourth-order valence-electron chi connectivity index (χ4n) is 4.19. The van der Waals surface area contributed by atoms with E-state index in [-0.39, 0.29) is 18.9 Å². The Morgan fingerprint density at radius 2 is 1.59 bits per heavy atom. The highest BCUT2D eigenvalue weighted by atomic mass is 35.5. The Hall–Kier alpha value is -3.36. The third-order valence-corrected chi connectivity index (χ3v) is 7.68. The summed E-state index contributed by atoms with van der Waals surface area (Å²) in [6, 6.07) is 21.1. The number of carbonyl (C=O) groups is 2. The number of anilines is 1. The molecule has 0 bridgehead atoms. The lowest BCUT2D eigenvalue weighted by Crippen LogP contribution is -2.53. The fraction of sp³-hybridized carbons (Fsp3) is 0.286. The van der Waals surface area contributed by atoms with Crippen molar-refractivity contribution < 1.29 is 18.0 Å². The Balaban J connectivity index is 2.06. The Kier molecular flexibility index (Phi) is 9.34. The number of nitrogens with one attached hydrogen (secondary N) is 1. The van der Waals surface area contributed by atoms with Gasteiger partial charge in [0, 0.05) is 25.0 Å². The van der Waals surface area contributed by atoms with E-state index < -0.39 is 28.5 Å². The number of hydrogen-bond donors (Lipinski definition) is 1. The predicted molar refractivity (Wildman–Crippen MR) is 148 cm³/mol. The molecule has 2 amide bonds. The number of carbonyl (C=O) groups excluding carboxylic acids is 2. The van der Waals surface area contributed by atoms with E-state index in [0.717, 1.165) is 27.3 Å². The Labute approximate surface area is 224 Å². The molecule has 0 aliphatic carbocycles. The Morgan fingerprint density at radius 1 is 0.946 bits per heavy atom. The van der Waals surface area contributed by atoms with Crippen LogP contribution in [-0.4, -0.2) is 51.0 Å². The molecular formula is C28H32ClN3O4S. The molecule has 0 aromatic heterocycles. The number of benzene rings is 3. The molecule has 0 saturated carbocycles. The summed E-state index contributed by atoms with van der Waals surface area (Å²) in [5.41, 5.74) is 3.58. The van der Waals surface area contributed by atoms with Gasteiger partial charge in [-0.3, -0.25) is 13.9 Å². The highest BCUT2D eigenvalue weighted by Gasteiger charge is 2.33. The molecule has 3 aromatic carbocycles. The molecule has 0 saturated heterocycles. The highest BCUT2D eigenvalue weighted by Crippen LogP contribution is 2.28. The van der Waals surface area contributed by atoms with E-state index in [9.17, 15) is 18.0 Å². The van der Waals surface area contributed by atoms with Crippen LogP contribution in [0.1, 0.15) is 22.3 Å². The zero-order valence-electron chi connectivity index (χ0n) is 21.4. The van der Waals surface area contributed by atoms with Crippen LogP contribution in [0.25, 0.3) is 0 Å². The first-order valence-corrected chi connectivity index (χ1v) is 14.1. The van der Waals surface area contributed by atoms with E-state index in [1.807, 2.05) is 61.5 Å². The van der Waals surface area contributed by atoms with Crippen LogP contribution in [0.5, 0.6) is 0 Å². The summed E-state index contributed by atoms with van der Waals surface area (Å²) >= 11 is 6.26. The minimum Gasteiger partial charge on any atom is -0.357 e. The molecule has 1 N–H and O–H groups in total. The summed E-state index contributed by atoms with van der Waals surface area (Å²) < 4.78 is 26.7. The van der Waals surface area contributed by atoms with Gasteiger partial charge in [-0.25, -0.2) is 8.42 Å². The van der Waals surface area contributed by atoms with Crippen LogP contribution in [0.3, 0.4) is 0 Å². The van der Waals surface area contributed by atoms with Crippen LogP contribution >= 0.6 is 11.6 Å². The topological polar surface area (TPSA) is 86.8 Å². The number of sulfonamides is 1. The molecule has 0 radical (unpaired) electrons. The van der Waals surface area contributed by atoms with Gasteiger partial charge in [-0.1, -0.05) is 77.8 Å². The maximum absolute atomic E-state index is 13.9. The largest absolute Gasteiger partial charge is 0.357 e. The average Bonchev–Trinajstić information content (AvgIpc) is 2.86. The van der Waals surface area contributed by atoms with Gasteiger partial charge < -0.3 is 10.2 Å². The molecule has 1 atom stereocenters. The first-order valence-electron chi connectivity index (χ1n) is 11.8. The first kappa shape index (κ1) is 28.2. The van der Waals surface area contributed by atoms with Crippen LogP contribution in [0.2, 0.25) is 5.02 Å². The Bertz CT molecular complexity index is 1360. The summed E-state index contributed by atoms with van der Waals surface area (Å²) in [4.78, 5) is 28.5. The highest BCUT2D eigenvalue weighted by molar-refractivity contribution is 7.92. The van der Waals surface area contributed by atoms with Crippen LogP contribution in [0, 0.1) is 13.8 Å². The minimum absolute atomic E-state index is 0.136. The Morgan fingerprint density at radius 3 is 2.22 bits per heavy atom. The molecule has 196 valence electrons. The zero-order chi connectivity index (χ0) is 27.2. The lowest BCUT2D eigenvalue weighted by atomic mass is 10.0. The number of likely N-dealkylation sites (N-methyl/N-ethyl adjacent to an activating group) is 1. The normalized spacial score (nSPS) is 12.0. The van der Waals surface area contributed by atoms with Crippen molar-refractivity contribution in [2.45, 2.75) is 32.9 Å². The molecule has 3 rings (SSSR count). The first-order chi connectivity index (χ1) is 17.5. The van der Waals surface area contributed by atoms with Gasteiger partial charge in [0.1, 0.15) is 12.6 Å². The number of aryl methyl sites for hydroxylation is 1. The summed E-state index contributed by atoms with van der Waals surface area (Å²) in [7, 11) is -2.33. The predicted octanol–water partition coefficient (Wildman–Crippen LogP) is 4.11. The summed E-state index contributed by atoms with van der Waals surface area (Å²) in [5.74, 6) is -0.842. The van der Waals surface area contributed by atoms with Crippen molar-refractivity contribution in [1.82, 2.24) is 10.2 Å². The van der Waals surface area contributed by atoms with Crippen molar-refractivity contribution in [3.8, 4) is 0 Å². The van der Waals surface area contributed by atoms with Gasteiger partial charge >= 0.3 is 0 Å². The van der Waals surface area contributed by atoms with E-state index in [1.165, 1.54) is 11.9 Å². The lowest BCUT2D eigenvalue weighted by Gasteiger charge is -2.33. The standard InChI is InChI=1S/C28H32ClN3O4S/c1-20-10-8-13-23(16-20)18-31(26(28(34)30-3)17-22-11-6-5-7-12-22)27(33)19-32(37(4,35)36)25-15-9-14-24(29)21(25)2/h5-16,26H,17-19H2,1-4H3,(H,30,34)/t26-/m0/s1. The van der Waals surface area contributed by atoms with Crippen molar-refractivity contribution in [2.24, 2.45) is 0 Å². The van der Waals surface area contributed by atoms with Crippen molar-refractivity contribution in [3.05, 3.63) is 100 Å². The zero-order valence-corrected chi connectivity index (χ0v) is 23.0. The van der Waals surface area contributed by atoms with Crippen molar-refractivity contribution in [1.29, 1.82) is 0 Å². The third-order valence-electron chi connectivity index (χ3n) is 6.14. The molecule has 0 aliphatic rings. The molecule has 9 heteroatoms. The maximum atomic E-state index is 13.9. The monoisotopic (exact) mass is 541 g/mol. The van der Waals surface area contributed by atoms with Crippen molar-refractivity contribution >= 4 is 39.1 Å². The second-order valence-corrected chi connectivity index (χ2v) is 11.3. The van der Waals surface area contributed by atoms with Gasteiger partial charge in [-0.05, 0) is 42.7 Å². The minimum atomic E-state index is -3.85. The smallest absolute Gasteiger partial charge is 0.244 e. The molecule has 0 fully saturated rings. The van der Waals surface area contributed by atoms with Crippen molar-refractivity contribution in [3.63, 3.8) is 0 Å². The fourth-order valence-corrected chi connectivity index (χ4v) is 5.26. The second kappa shape index (κ2) is 12.3. The molecule has 7 nitrogen and oxygen atoms in total. The summed E-state index contributed by atoms with van der Waals surface area (Å²) in [6.45, 7) is 3.31. The molecule has 37 heavy (non-hydrogen) atoms. The van der Waals surface area contributed by atoms with Crippen LogP contribution in [0.15, 0.2) is 72.8 Å². The third kappa shape index (κ3) is 7.33. The SMILES string of the molecule is CNC(=O)[C@H](Cc1ccccc1)N(Cc1cccc(C)c1)C(=O)CN(c1cccc(Cl)c1C)S(C)(=O)=O. The maximum Gasteiger partial charge on any atom is 0.244 e. The number of hydrogen-bond acceptors (Lipinski definition) is 4. The lowest BCUT2D eigenvalue weighted by molar-refractivity contribution is -0.139. The average molecular weight is 542 g/mol. The molecule has 0 aliphatic heterocycles. The summed E-state index contributed by atoms with van der Waals surface area (Å²) in [5, 5.41) is 3.06. The van der Waals surface area contributed by atoms with E-state index in [4.69, 9.17) is 11.6 Å². The molecule has 0 spiro atoms. The molecule has 3 aromatic rings. The van der Waals surface area contributed by atoms with Gasteiger partial charge in [-0.15, -0.1) is 0 Å². The number of halogens is 1.